The van der Waals surface area contributed by atoms with Gasteiger partial charge in [-0.05, 0) is 86.6 Å². The average Bonchev–Trinajstić information content (AvgIpc) is 3.25. The highest BCUT2D eigenvalue weighted by Crippen LogP contribution is 2.57. The molecule has 2 aromatic carbocycles. The molecule has 1 heterocycles. The molecular formula is C32H43N2O13PS2. The van der Waals surface area contributed by atoms with Gasteiger partial charge < -0.3 is 23.0 Å². The predicted octanol–water partition coefficient (Wildman–Crippen LogP) is 4.33. The number of urea groups is 1. The van der Waals surface area contributed by atoms with E-state index in [2.05, 4.69) is 0 Å². The van der Waals surface area contributed by atoms with Gasteiger partial charge in [-0.2, -0.15) is 4.31 Å². The Morgan fingerprint density at radius 1 is 0.700 bits per heavy atom. The van der Waals surface area contributed by atoms with E-state index in [1.165, 1.54) is 72.7 Å². The van der Waals surface area contributed by atoms with Gasteiger partial charge in [0.2, 0.25) is 0 Å². The average molecular weight is 759 g/mol. The fourth-order valence-corrected chi connectivity index (χ4v) is 10.6. The molecular weight excluding hydrogens is 715 g/mol. The summed E-state index contributed by atoms with van der Waals surface area (Å²) in [6.45, 7) is 12.4. The van der Waals surface area contributed by atoms with Crippen molar-refractivity contribution in [1.29, 1.82) is 0 Å². The van der Waals surface area contributed by atoms with Crippen molar-refractivity contribution in [2.45, 2.75) is 89.9 Å². The maximum Gasteiger partial charge on any atom is 0.357 e. The molecule has 2 aromatic rings. The topological polar surface area (TPSA) is 189 Å². The van der Waals surface area contributed by atoms with Crippen molar-refractivity contribution < 1.29 is 59.1 Å². The first-order chi connectivity index (χ1) is 23.3. The lowest BCUT2D eigenvalue weighted by atomic mass is 9.95. The third-order valence-corrected chi connectivity index (χ3v) is 13.2. The van der Waals surface area contributed by atoms with Crippen molar-refractivity contribution in [1.82, 2.24) is 8.61 Å². The van der Waals surface area contributed by atoms with Crippen molar-refractivity contribution in [2.75, 3.05) is 19.8 Å². The van der Waals surface area contributed by atoms with Gasteiger partial charge in [0, 0.05) is 0 Å². The van der Waals surface area contributed by atoms with Gasteiger partial charge in [0.1, 0.15) is 0 Å². The number of esters is 2. The molecule has 1 unspecified atom stereocenters. The van der Waals surface area contributed by atoms with Crippen LogP contribution >= 0.6 is 7.57 Å². The first-order valence-corrected chi connectivity index (χ1v) is 20.2. The molecule has 0 aliphatic carbocycles. The van der Waals surface area contributed by atoms with Gasteiger partial charge in [0.15, 0.2) is 5.29 Å². The minimum Gasteiger partial charge on any atom is -0.461 e. The van der Waals surface area contributed by atoms with Crippen LogP contribution in [0.1, 0.15) is 59.6 Å². The Balaban J connectivity index is 2.77. The summed E-state index contributed by atoms with van der Waals surface area (Å²) in [6.07, 6.45) is -2.07. The summed E-state index contributed by atoms with van der Waals surface area (Å²) in [7, 11) is -15.3. The van der Waals surface area contributed by atoms with E-state index in [9.17, 15) is 31.2 Å². The third-order valence-electron chi connectivity index (χ3n) is 6.95. The number of rotatable bonds is 15. The van der Waals surface area contributed by atoms with Gasteiger partial charge in [-0.15, -0.1) is 4.31 Å². The van der Waals surface area contributed by atoms with Gasteiger partial charge >= 0.3 is 18.0 Å². The number of amides is 3. The highest BCUT2D eigenvalue weighted by Gasteiger charge is 2.76. The number of benzene rings is 2. The van der Waals surface area contributed by atoms with Crippen LogP contribution in [-0.4, -0.2) is 92.2 Å². The number of aryl methyl sites for hydroxylation is 2. The fourth-order valence-electron chi connectivity index (χ4n) is 4.98. The summed E-state index contributed by atoms with van der Waals surface area (Å²) >= 11 is 0. The highest BCUT2D eigenvalue weighted by atomic mass is 32.2. The second kappa shape index (κ2) is 15.7. The summed E-state index contributed by atoms with van der Waals surface area (Å²) < 4.78 is 86.1. The SMILES string of the molecule is CCOP(OCC)(OCC)=C(C(=O)OC(C)C)C1(C(=O)OC(C)C)C(=O)N(S(=O)(=O)c2ccc(C)cc2)C(=O)N1S(=O)(=O)c1ccc(C)cc1. The van der Waals surface area contributed by atoms with Crippen LogP contribution in [0.5, 0.6) is 0 Å². The minimum atomic E-state index is -5.44. The van der Waals surface area contributed by atoms with Crippen LogP contribution in [0.3, 0.4) is 0 Å². The van der Waals surface area contributed by atoms with E-state index in [0.29, 0.717) is 11.1 Å². The Labute approximate surface area is 293 Å². The van der Waals surface area contributed by atoms with Crippen LogP contribution in [0.4, 0.5) is 4.79 Å². The molecule has 1 atom stereocenters. The normalized spacial score (nSPS) is 17.1. The number of carbonyl (C=O) groups excluding carboxylic acids is 4. The standard InChI is InChI=1S/C32H43N2O13PS2/c1-10-43-48(44-11-2,45-12-3)27(28(35)46-21(4)5)32(30(37)47-22(6)7)29(36)33(49(39,40)25-17-13-23(8)14-18-25)31(38)34(32)50(41,42)26-19-15-24(9)16-20-26/h13-22H,10-12H2,1-9H3. The zero-order valence-corrected chi connectivity index (χ0v) is 31.9. The number of hydrogen-bond donors (Lipinski definition) is 0. The van der Waals surface area contributed by atoms with Crippen LogP contribution < -0.4 is 0 Å². The number of sulfonamides is 2. The van der Waals surface area contributed by atoms with Gasteiger partial charge in [0.25, 0.3) is 39.1 Å². The van der Waals surface area contributed by atoms with E-state index in [-0.39, 0.29) is 28.4 Å². The van der Waals surface area contributed by atoms with E-state index in [4.69, 9.17) is 23.0 Å². The Morgan fingerprint density at radius 2 is 1.10 bits per heavy atom. The van der Waals surface area contributed by atoms with Crippen molar-refractivity contribution in [3.63, 3.8) is 0 Å². The molecule has 0 spiro atoms. The summed E-state index contributed by atoms with van der Waals surface area (Å²) in [6, 6.07) is 7.85. The molecule has 0 radical (unpaired) electrons. The zero-order chi connectivity index (χ0) is 37.8. The largest absolute Gasteiger partial charge is 0.461 e. The Kier molecular flexibility index (Phi) is 12.9. The smallest absolute Gasteiger partial charge is 0.357 e. The van der Waals surface area contributed by atoms with Crippen molar-refractivity contribution in [2.24, 2.45) is 0 Å². The fraction of sp³-hybridized carbons (Fsp3) is 0.469. The molecule has 1 aliphatic heterocycles. The van der Waals surface area contributed by atoms with E-state index in [1.54, 1.807) is 13.8 Å². The summed E-state index contributed by atoms with van der Waals surface area (Å²) in [5, 5.41) is -1.20. The van der Waals surface area contributed by atoms with Crippen molar-refractivity contribution >= 4 is 56.8 Å². The number of carbonyl (C=O) groups is 4. The maximum atomic E-state index is 15.1. The van der Waals surface area contributed by atoms with Gasteiger partial charge in [-0.3, -0.25) is 4.79 Å². The molecule has 0 aromatic heterocycles. The second-order valence-corrected chi connectivity index (χ2v) is 17.3. The van der Waals surface area contributed by atoms with Gasteiger partial charge in [0.05, 0.1) is 41.8 Å². The number of imide groups is 1. The molecule has 3 rings (SSSR count). The lowest BCUT2D eigenvalue weighted by Crippen LogP contribution is -2.66. The maximum absolute atomic E-state index is 15.1. The molecule has 18 heteroatoms. The molecule has 0 N–H and O–H groups in total. The number of ether oxygens (including phenoxy) is 2. The Hall–Kier alpha value is -3.60. The van der Waals surface area contributed by atoms with E-state index < -0.39 is 84.3 Å². The monoisotopic (exact) mass is 758 g/mol. The summed E-state index contributed by atoms with van der Waals surface area (Å²) in [5.74, 6) is -5.32. The van der Waals surface area contributed by atoms with Gasteiger partial charge in [-0.25, -0.2) is 31.2 Å². The van der Waals surface area contributed by atoms with E-state index in [1.807, 2.05) is 0 Å². The minimum absolute atomic E-state index is 0.258. The third kappa shape index (κ3) is 7.39. The van der Waals surface area contributed by atoms with Crippen LogP contribution in [0.25, 0.3) is 0 Å². The quantitative estimate of drug-likeness (QED) is 0.108. The summed E-state index contributed by atoms with van der Waals surface area (Å²) in [4.78, 5) is 57.7. The number of nitrogens with zero attached hydrogens (tertiary/aromatic N) is 2. The molecule has 1 saturated heterocycles. The molecule has 0 saturated carbocycles. The van der Waals surface area contributed by atoms with Crippen molar-refractivity contribution in [3.8, 4) is 0 Å². The molecule has 1 fully saturated rings. The molecule has 0 bridgehead atoms. The first kappa shape index (κ1) is 40.8. The molecule has 3 amide bonds. The Morgan fingerprint density at radius 3 is 1.48 bits per heavy atom. The van der Waals surface area contributed by atoms with Gasteiger partial charge in [-0.1, -0.05) is 35.4 Å². The lowest BCUT2D eigenvalue weighted by Gasteiger charge is -2.37. The molecule has 276 valence electrons. The van der Waals surface area contributed by atoms with Crippen molar-refractivity contribution in [3.05, 3.63) is 59.7 Å². The highest BCUT2D eigenvalue weighted by molar-refractivity contribution is 7.91. The van der Waals surface area contributed by atoms with Crippen LogP contribution in [0.15, 0.2) is 58.3 Å². The predicted molar refractivity (Wildman–Crippen MR) is 183 cm³/mol. The zero-order valence-electron chi connectivity index (χ0n) is 29.4. The summed E-state index contributed by atoms with van der Waals surface area (Å²) in [5.41, 5.74) is -2.54. The van der Waals surface area contributed by atoms with Crippen LogP contribution in [0.2, 0.25) is 0 Å². The second-order valence-electron chi connectivity index (χ2n) is 11.5. The first-order valence-electron chi connectivity index (χ1n) is 15.7. The lowest BCUT2D eigenvalue weighted by molar-refractivity contribution is -0.158. The van der Waals surface area contributed by atoms with Crippen LogP contribution in [0, 0.1) is 13.8 Å². The molecule has 15 nitrogen and oxygen atoms in total. The number of hydrogen-bond acceptors (Lipinski definition) is 13. The molecule has 1 aliphatic rings. The van der Waals surface area contributed by atoms with E-state index in [0.717, 1.165) is 24.3 Å². The molecule has 50 heavy (non-hydrogen) atoms. The van der Waals surface area contributed by atoms with E-state index >= 15 is 4.79 Å². The Bertz CT molecular complexity index is 1870. The van der Waals surface area contributed by atoms with Crippen LogP contribution in [-0.2, 0) is 57.5 Å².